The highest BCUT2D eigenvalue weighted by Gasteiger charge is 2.54. The maximum Gasteiger partial charge on any atom is 0.325 e. The molecule has 3 amide bonds. The number of β-amino-alcohol motifs (C(OH)–C–C–N with tert-alkyl or cyclic N) is 1. The topological polar surface area (TPSA) is 69.6 Å². The van der Waals surface area contributed by atoms with Crippen molar-refractivity contribution in [1.82, 2.24) is 10.2 Å². The molecule has 0 bridgehead atoms. The van der Waals surface area contributed by atoms with Crippen LogP contribution in [0.15, 0.2) is 0 Å². The fourth-order valence-electron chi connectivity index (χ4n) is 3.61. The van der Waals surface area contributed by atoms with Crippen molar-refractivity contribution in [2.24, 2.45) is 11.8 Å². The number of rotatable bonds is 2. The van der Waals surface area contributed by atoms with E-state index in [-0.39, 0.29) is 18.5 Å². The van der Waals surface area contributed by atoms with Crippen LogP contribution in [0.25, 0.3) is 0 Å². The maximum absolute atomic E-state index is 12.6. The highest BCUT2D eigenvalue weighted by molar-refractivity contribution is 6.07. The van der Waals surface area contributed by atoms with Gasteiger partial charge in [0.15, 0.2) is 0 Å². The largest absolute Gasteiger partial charge is 0.389 e. The number of imide groups is 1. The van der Waals surface area contributed by atoms with Crippen molar-refractivity contribution in [3.63, 3.8) is 0 Å². The lowest BCUT2D eigenvalue weighted by Crippen LogP contribution is -2.52. The van der Waals surface area contributed by atoms with Gasteiger partial charge in [-0.15, -0.1) is 0 Å². The molecule has 1 aliphatic heterocycles. The molecule has 2 unspecified atom stereocenters. The Balaban J connectivity index is 2.21. The SMILES string of the molecule is CC1CC(C)CC2(C1)NC(=O)N(CC(C)(C)O)C2=O. The van der Waals surface area contributed by atoms with Crippen LogP contribution in [0, 0.1) is 11.8 Å². The van der Waals surface area contributed by atoms with Gasteiger partial charge in [0.1, 0.15) is 5.54 Å². The van der Waals surface area contributed by atoms with Gasteiger partial charge >= 0.3 is 6.03 Å². The molecule has 2 aliphatic rings. The van der Waals surface area contributed by atoms with E-state index in [0.29, 0.717) is 24.7 Å². The molecule has 5 heteroatoms. The number of carbonyl (C=O) groups is 2. The third-order valence-electron chi connectivity index (χ3n) is 3.99. The summed E-state index contributed by atoms with van der Waals surface area (Å²) in [6.45, 7) is 7.49. The van der Waals surface area contributed by atoms with Crippen LogP contribution >= 0.6 is 0 Å². The van der Waals surface area contributed by atoms with E-state index in [0.717, 1.165) is 6.42 Å². The second-order valence-corrected chi connectivity index (χ2v) is 7.07. The fraction of sp³-hybridized carbons (Fsp3) is 0.857. The van der Waals surface area contributed by atoms with Crippen molar-refractivity contribution < 1.29 is 14.7 Å². The van der Waals surface area contributed by atoms with E-state index >= 15 is 0 Å². The van der Waals surface area contributed by atoms with Crippen LogP contribution in [0.3, 0.4) is 0 Å². The van der Waals surface area contributed by atoms with Crippen LogP contribution in [0.1, 0.15) is 47.0 Å². The van der Waals surface area contributed by atoms with Crippen LogP contribution in [-0.2, 0) is 4.79 Å². The summed E-state index contributed by atoms with van der Waals surface area (Å²) in [4.78, 5) is 25.8. The van der Waals surface area contributed by atoms with Crippen molar-refractivity contribution in [3.8, 4) is 0 Å². The lowest BCUT2D eigenvalue weighted by Gasteiger charge is -2.38. The summed E-state index contributed by atoms with van der Waals surface area (Å²) in [5.41, 5.74) is -1.80. The number of carbonyl (C=O) groups excluding carboxylic acids is 2. The zero-order valence-corrected chi connectivity index (χ0v) is 12.2. The van der Waals surface area contributed by atoms with Gasteiger partial charge in [0.2, 0.25) is 0 Å². The summed E-state index contributed by atoms with van der Waals surface area (Å²) in [7, 11) is 0. The first-order valence-electron chi connectivity index (χ1n) is 6.99. The summed E-state index contributed by atoms with van der Waals surface area (Å²) in [6, 6.07) is -0.367. The van der Waals surface area contributed by atoms with E-state index in [1.54, 1.807) is 13.8 Å². The average Bonchev–Trinajstić information content (AvgIpc) is 2.39. The van der Waals surface area contributed by atoms with E-state index in [2.05, 4.69) is 19.2 Å². The molecule has 1 spiro atoms. The van der Waals surface area contributed by atoms with Gasteiger partial charge in [-0.2, -0.15) is 0 Å². The van der Waals surface area contributed by atoms with Crippen molar-refractivity contribution >= 4 is 11.9 Å². The van der Waals surface area contributed by atoms with E-state index in [1.165, 1.54) is 4.90 Å². The average molecular weight is 268 g/mol. The Morgan fingerprint density at radius 3 is 2.32 bits per heavy atom. The van der Waals surface area contributed by atoms with Crippen LogP contribution in [0.4, 0.5) is 4.79 Å². The van der Waals surface area contributed by atoms with E-state index in [9.17, 15) is 14.7 Å². The highest BCUT2D eigenvalue weighted by atomic mass is 16.3. The number of nitrogens with one attached hydrogen (secondary N) is 1. The maximum atomic E-state index is 12.6. The van der Waals surface area contributed by atoms with Gasteiger partial charge in [0.05, 0.1) is 12.1 Å². The molecule has 2 atom stereocenters. The summed E-state index contributed by atoms with van der Waals surface area (Å²) in [5, 5.41) is 12.7. The van der Waals surface area contributed by atoms with E-state index in [4.69, 9.17) is 0 Å². The monoisotopic (exact) mass is 268 g/mol. The molecule has 2 N–H and O–H groups in total. The summed E-state index contributed by atoms with van der Waals surface area (Å²) < 4.78 is 0. The van der Waals surface area contributed by atoms with Gasteiger partial charge in [-0.1, -0.05) is 13.8 Å². The first kappa shape index (κ1) is 14.3. The lowest BCUT2D eigenvalue weighted by molar-refractivity contribution is -0.135. The molecular formula is C14H24N2O3. The molecule has 5 nitrogen and oxygen atoms in total. The van der Waals surface area contributed by atoms with Gasteiger partial charge in [0, 0.05) is 0 Å². The molecule has 1 saturated heterocycles. The normalized spacial score (nSPS) is 35.9. The highest BCUT2D eigenvalue weighted by Crippen LogP contribution is 2.39. The number of urea groups is 1. The summed E-state index contributed by atoms with van der Waals surface area (Å²) in [6.07, 6.45) is 2.49. The Labute approximate surface area is 114 Å². The third-order valence-corrected chi connectivity index (χ3v) is 3.99. The molecule has 1 heterocycles. The second-order valence-electron chi connectivity index (χ2n) is 7.07. The zero-order valence-electron chi connectivity index (χ0n) is 12.2. The predicted molar refractivity (Wildman–Crippen MR) is 71.5 cm³/mol. The van der Waals surface area contributed by atoms with Crippen LogP contribution < -0.4 is 5.32 Å². The lowest BCUT2D eigenvalue weighted by atomic mass is 9.71. The molecule has 0 radical (unpaired) electrons. The van der Waals surface area contributed by atoms with Crippen molar-refractivity contribution in [2.45, 2.75) is 58.1 Å². The molecule has 0 aromatic heterocycles. The predicted octanol–water partition coefficient (Wildman–Crippen LogP) is 1.50. The molecule has 0 aromatic rings. The third kappa shape index (κ3) is 2.76. The first-order valence-corrected chi connectivity index (χ1v) is 6.99. The molecule has 19 heavy (non-hydrogen) atoms. The Hall–Kier alpha value is -1.10. The summed E-state index contributed by atoms with van der Waals surface area (Å²) >= 11 is 0. The second kappa shape index (κ2) is 4.47. The van der Waals surface area contributed by atoms with Gasteiger partial charge < -0.3 is 10.4 Å². The minimum atomic E-state index is -1.07. The van der Waals surface area contributed by atoms with Crippen molar-refractivity contribution in [1.29, 1.82) is 0 Å². The van der Waals surface area contributed by atoms with Crippen LogP contribution in [-0.4, -0.2) is 39.6 Å². The molecule has 0 aromatic carbocycles. The Kier molecular flexibility index (Phi) is 3.37. The minimum absolute atomic E-state index is 0.0438. The standard InChI is InChI=1S/C14H24N2O3/c1-9-5-10(2)7-14(6-9)11(17)16(12(18)15-14)8-13(3,4)19/h9-10,19H,5-8H2,1-4H3,(H,15,18). The minimum Gasteiger partial charge on any atom is -0.389 e. The Morgan fingerprint density at radius 1 is 1.32 bits per heavy atom. The van der Waals surface area contributed by atoms with Crippen molar-refractivity contribution in [2.75, 3.05) is 6.54 Å². The summed E-state index contributed by atoms with van der Waals surface area (Å²) in [5.74, 6) is 0.684. The number of aliphatic hydroxyl groups is 1. The number of nitrogens with zero attached hydrogens (tertiary/aromatic N) is 1. The molecule has 1 aliphatic carbocycles. The zero-order chi connectivity index (χ0) is 14.4. The first-order chi connectivity index (χ1) is 8.63. The van der Waals surface area contributed by atoms with E-state index < -0.39 is 11.1 Å². The smallest absolute Gasteiger partial charge is 0.325 e. The fourth-order valence-corrected chi connectivity index (χ4v) is 3.61. The van der Waals surface area contributed by atoms with Gasteiger partial charge in [-0.3, -0.25) is 9.69 Å². The molecule has 2 rings (SSSR count). The molecule has 1 saturated carbocycles. The van der Waals surface area contributed by atoms with Gasteiger partial charge in [0.25, 0.3) is 5.91 Å². The van der Waals surface area contributed by atoms with Crippen molar-refractivity contribution in [3.05, 3.63) is 0 Å². The van der Waals surface area contributed by atoms with Gasteiger partial charge in [-0.05, 0) is 44.9 Å². The number of hydrogen-bond donors (Lipinski definition) is 2. The molecule has 108 valence electrons. The number of hydrogen-bond acceptors (Lipinski definition) is 3. The van der Waals surface area contributed by atoms with E-state index in [1.807, 2.05) is 0 Å². The molecule has 2 fully saturated rings. The Morgan fingerprint density at radius 2 is 1.84 bits per heavy atom. The van der Waals surface area contributed by atoms with Gasteiger partial charge in [-0.25, -0.2) is 4.79 Å². The van der Waals surface area contributed by atoms with Crippen LogP contribution in [0.5, 0.6) is 0 Å². The Bertz CT molecular complexity index is 390. The quantitative estimate of drug-likeness (QED) is 0.746. The number of amides is 3. The molecular weight excluding hydrogens is 244 g/mol. The van der Waals surface area contributed by atoms with Crippen LogP contribution in [0.2, 0.25) is 0 Å².